The van der Waals surface area contributed by atoms with Crippen LogP contribution in [0, 0.1) is 6.92 Å². The lowest BCUT2D eigenvalue weighted by atomic mass is 10.1. The van der Waals surface area contributed by atoms with E-state index in [2.05, 4.69) is 10.3 Å². The van der Waals surface area contributed by atoms with Gasteiger partial charge in [0, 0.05) is 17.7 Å². The summed E-state index contributed by atoms with van der Waals surface area (Å²) in [5.41, 5.74) is 2.58. The number of hydrogen-bond acceptors (Lipinski definition) is 4. The molecule has 0 saturated carbocycles. The van der Waals surface area contributed by atoms with Crippen molar-refractivity contribution in [3.63, 3.8) is 0 Å². The molecule has 3 aromatic rings. The molecule has 0 unspecified atom stereocenters. The Morgan fingerprint density at radius 1 is 1.16 bits per heavy atom. The molecule has 0 fully saturated rings. The van der Waals surface area contributed by atoms with Crippen LogP contribution in [0.3, 0.4) is 0 Å². The van der Waals surface area contributed by atoms with Gasteiger partial charge in [-0.05, 0) is 42.1 Å². The molecule has 2 heterocycles. The molecule has 1 aliphatic rings. The third-order valence-electron chi connectivity index (χ3n) is 4.24. The number of amides is 1. The highest BCUT2D eigenvalue weighted by Gasteiger charge is 2.16. The minimum Gasteiger partial charge on any atom is -0.454 e. The quantitative estimate of drug-likeness (QED) is 0.770. The van der Waals surface area contributed by atoms with Crippen molar-refractivity contribution in [2.24, 2.45) is 0 Å². The number of pyridine rings is 1. The summed E-state index contributed by atoms with van der Waals surface area (Å²) in [5.74, 6) is 0.895. The lowest BCUT2D eigenvalue weighted by Gasteiger charge is -2.08. The molecule has 1 aliphatic heterocycles. The number of aromatic amines is 1. The normalized spacial score (nSPS) is 12.4. The Kier molecular flexibility index (Phi) is 3.65. The van der Waals surface area contributed by atoms with E-state index in [0.717, 1.165) is 16.5 Å². The summed E-state index contributed by atoms with van der Waals surface area (Å²) in [5, 5.41) is 3.71. The molecule has 6 nitrogen and oxygen atoms in total. The summed E-state index contributed by atoms with van der Waals surface area (Å²) in [6, 6.07) is 12.6. The molecule has 0 atom stereocenters. The van der Waals surface area contributed by atoms with Gasteiger partial charge >= 0.3 is 0 Å². The molecule has 1 aromatic heterocycles. The number of hydrogen-bond donors (Lipinski definition) is 2. The van der Waals surface area contributed by atoms with Gasteiger partial charge in [0.2, 0.25) is 6.79 Å². The Labute approximate surface area is 143 Å². The Morgan fingerprint density at radius 3 is 2.88 bits per heavy atom. The molecule has 4 rings (SSSR count). The lowest BCUT2D eigenvalue weighted by Crippen LogP contribution is -2.26. The van der Waals surface area contributed by atoms with Crippen molar-refractivity contribution in [1.82, 2.24) is 10.3 Å². The molecule has 0 bridgehead atoms. The van der Waals surface area contributed by atoms with E-state index in [0.29, 0.717) is 22.6 Å². The van der Waals surface area contributed by atoms with Crippen molar-refractivity contribution in [1.29, 1.82) is 0 Å². The monoisotopic (exact) mass is 336 g/mol. The Balaban J connectivity index is 1.55. The van der Waals surface area contributed by atoms with Crippen molar-refractivity contribution in [2.45, 2.75) is 13.5 Å². The van der Waals surface area contributed by atoms with Crippen LogP contribution in [0.4, 0.5) is 0 Å². The second-order valence-corrected chi connectivity index (χ2v) is 5.91. The van der Waals surface area contributed by atoms with E-state index < -0.39 is 0 Å². The molecular formula is C19H16N2O4. The topological polar surface area (TPSA) is 80.4 Å². The first-order chi connectivity index (χ1) is 12.1. The maximum Gasteiger partial charge on any atom is 0.253 e. The van der Waals surface area contributed by atoms with Crippen LogP contribution in [0.2, 0.25) is 0 Å². The zero-order valence-corrected chi connectivity index (χ0v) is 13.6. The van der Waals surface area contributed by atoms with Gasteiger partial charge in [0.25, 0.3) is 11.5 Å². The van der Waals surface area contributed by atoms with Crippen LogP contribution in [-0.2, 0) is 6.54 Å². The SMILES string of the molecule is Cc1cccc2cc(CNC(=O)c3ccc4c(c3)OCO4)c(=O)[nH]c12. The van der Waals surface area contributed by atoms with Crippen molar-refractivity contribution in [3.8, 4) is 11.5 Å². The number of aryl methyl sites for hydroxylation is 1. The number of benzene rings is 2. The predicted octanol–water partition coefficient (Wildman–Crippen LogP) is 2.50. The van der Waals surface area contributed by atoms with Crippen LogP contribution in [0.1, 0.15) is 21.5 Å². The number of ether oxygens (including phenoxy) is 2. The highest BCUT2D eigenvalue weighted by atomic mass is 16.7. The molecular weight excluding hydrogens is 320 g/mol. The molecule has 2 N–H and O–H groups in total. The Morgan fingerprint density at radius 2 is 2.00 bits per heavy atom. The average Bonchev–Trinajstić information content (AvgIpc) is 3.08. The van der Waals surface area contributed by atoms with Gasteiger partial charge in [0.05, 0.1) is 5.52 Å². The number of rotatable bonds is 3. The molecule has 2 aromatic carbocycles. The highest BCUT2D eigenvalue weighted by molar-refractivity contribution is 5.95. The smallest absolute Gasteiger partial charge is 0.253 e. The number of fused-ring (bicyclic) bond motifs is 2. The maximum absolute atomic E-state index is 12.3. The summed E-state index contributed by atoms with van der Waals surface area (Å²) < 4.78 is 10.5. The van der Waals surface area contributed by atoms with Crippen LogP contribution >= 0.6 is 0 Å². The standard InChI is InChI=1S/C19H16N2O4/c1-11-3-2-4-12-7-14(19(23)21-17(11)12)9-20-18(22)13-5-6-15-16(8-13)25-10-24-15/h2-8H,9-10H2,1H3,(H,20,22)(H,21,23). The van der Waals surface area contributed by atoms with E-state index in [1.807, 2.05) is 25.1 Å². The Bertz CT molecular complexity index is 1040. The number of nitrogens with one attached hydrogen (secondary N) is 2. The lowest BCUT2D eigenvalue weighted by molar-refractivity contribution is 0.0950. The molecule has 0 radical (unpaired) electrons. The summed E-state index contributed by atoms with van der Waals surface area (Å²) >= 11 is 0. The van der Waals surface area contributed by atoms with Gasteiger partial charge in [0.1, 0.15) is 0 Å². The van der Waals surface area contributed by atoms with Crippen molar-refractivity contribution >= 4 is 16.8 Å². The minimum absolute atomic E-state index is 0.145. The van der Waals surface area contributed by atoms with E-state index >= 15 is 0 Å². The van der Waals surface area contributed by atoms with Crippen LogP contribution in [0.15, 0.2) is 47.3 Å². The van der Waals surface area contributed by atoms with E-state index in [4.69, 9.17) is 9.47 Å². The fourth-order valence-electron chi connectivity index (χ4n) is 2.88. The third-order valence-corrected chi connectivity index (χ3v) is 4.24. The number of carbonyl (C=O) groups excluding carboxylic acids is 1. The zero-order valence-electron chi connectivity index (χ0n) is 13.6. The van der Waals surface area contributed by atoms with Crippen LogP contribution in [-0.4, -0.2) is 17.7 Å². The van der Waals surface area contributed by atoms with Crippen LogP contribution in [0.5, 0.6) is 11.5 Å². The number of H-pyrrole nitrogens is 1. The van der Waals surface area contributed by atoms with E-state index in [1.54, 1.807) is 24.3 Å². The number of carbonyl (C=O) groups is 1. The van der Waals surface area contributed by atoms with Crippen molar-refractivity contribution in [3.05, 3.63) is 69.5 Å². The summed E-state index contributed by atoms with van der Waals surface area (Å²) in [6.45, 7) is 2.25. The summed E-state index contributed by atoms with van der Waals surface area (Å²) in [6.07, 6.45) is 0. The summed E-state index contributed by atoms with van der Waals surface area (Å²) in [4.78, 5) is 27.5. The number of aromatic nitrogens is 1. The van der Waals surface area contributed by atoms with Gasteiger partial charge in [-0.1, -0.05) is 18.2 Å². The highest BCUT2D eigenvalue weighted by Crippen LogP contribution is 2.32. The maximum atomic E-state index is 12.3. The van der Waals surface area contributed by atoms with Gasteiger partial charge < -0.3 is 19.8 Å². The Hall–Kier alpha value is -3.28. The van der Waals surface area contributed by atoms with E-state index in [1.165, 1.54) is 0 Å². The fraction of sp³-hybridized carbons (Fsp3) is 0.158. The van der Waals surface area contributed by atoms with Gasteiger partial charge in [-0.2, -0.15) is 0 Å². The molecule has 0 aliphatic carbocycles. The zero-order chi connectivity index (χ0) is 17.4. The predicted molar refractivity (Wildman–Crippen MR) is 93.0 cm³/mol. The van der Waals surface area contributed by atoms with Crippen molar-refractivity contribution in [2.75, 3.05) is 6.79 Å². The number of para-hydroxylation sites is 1. The average molecular weight is 336 g/mol. The second kappa shape index (κ2) is 5.98. The summed E-state index contributed by atoms with van der Waals surface area (Å²) in [7, 11) is 0. The molecule has 126 valence electrons. The van der Waals surface area contributed by atoms with Gasteiger partial charge in [-0.15, -0.1) is 0 Å². The molecule has 0 saturated heterocycles. The molecule has 0 spiro atoms. The first kappa shape index (κ1) is 15.3. The minimum atomic E-state index is -0.276. The van der Waals surface area contributed by atoms with Crippen LogP contribution < -0.4 is 20.3 Å². The van der Waals surface area contributed by atoms with E-state index in [-0.39, 0.29) is 24.8 Å². The molecule has 6 heteroatoms. The first-order valence-corrected chi connectivity index (χ1v) is 7.91. The largest absolute Gasteiger partial charge is 0.454 e. The second-order valence-electron chi connectivity index (χ2n) is 5.91. The fourth-order valence-corrected chi connectivity index (χ4v) is 2.88. The molecule has 25 heavy (non-hydrogen) atoms. The van der Waals surface area contributed by atoms with E-state index in [9.17, 15) is 9.59 Å². The molecule has 1 amide bonds. The third kappa shape index (κ3) is 2.82. The van der Waals surface area contributed by atoms with Gasteiger partial charge in [-0.3, -0.25) is 9.59 Å². The van der Waals surface area contributed by atoms with Gasteiger partial charge in [-0.25, -0.2) is 0 Å². The van der Waals surface area contributed by atoms with Crippen molar-refractivity contribution < 1.29 is 14.3 Å². The van der Waals surface area contributed by atoms with Crippen LogP contribution in [0.25, 0.3) is 10.9 Å². The first-order valence-electron chi connectivity index (χ1n) is 7.91. The van der Waals surface area contributed by atoms with Gasteiger partial charge in [0.15, 0.2) is 11.5 Å².